The molecule has 33 heavy (non-hydrogen) atoms. The number of hydrogen-bond donors (Lipinski definition) is 2. The van der Waals surface area contributed by atoms with Crippen LogP contribution in [0.4, 0.5) is 33.5 Å². The van der Waals surface area contributed by atoms with Crippen LogP contribution in [0.25, 0.3) is 27.5 Å². The average molecular weight is 464 g/mol. The maximum Gasteiger partial charge on any atom is 0.419 e. The monoisotopic (exact) mass is 464 g/mol. The van der Waals surface area contributed by atoms with Crippen LogP contribution in [0, 0.1) is 11.7 Å². The molecule has 0 radical (unpaired) electrons. The number of H-pyrrole nitrogens is 1. The standard InChI is InChI=1S/C21H17F5N6O/c1-31(2)19-17(23)16(21(24,25)26)15(12-8-27-29-18(12)19)9-3-4-32-10(5-9)6-14(30-32)28-20(33)11-7-13(11)22/h3-6,8,11,13H,7H2,1-2H3,(H,27,29)(H,28,30,33)/t11-,13?/m1/s1. The highest BCUT2D eigenvalue weighted by molar-refractivity contribution is 6.04. The lowest BCUT2D eigenvalue weighted by molar-refractivity contribution is -0.139. The molecule has 172 valence electrons. The Kier molecular flexibility index (Phi) is 4.59. The number of fused-ring (bicyclic) bond motifs is 2. The highest BCUT2D eigenvalue weighted by Crippen LogP contribution is 2.46. The van der Waals surface area contributed by atoms with Crippen molar-refractivity contribution in [3.63, 3.8) is 0 Å². The molecular formula is C21H17F5N6O. The van der Waals surface area contributed by atoms with Gasteiger partial charge in [0.15, 0.2) is 11.6 Å². The van der Waals surface area contributed by atoms with E-state index in [1.54, 1.807) is 0 Å². The highest BCUT2D eigenvalue weighted by Gasteiger charge is 2.44. The van der Waals surface area contributed by atoms with Gasteiger partial charge in [0.1, 0.15) is 11.7 Å². The summed E-state index contributed by atoms with van der Waals surface area (Å²) >= 11 is 0. The SMILES string of the molecule is CN(C)c1c(F)c(C(F)(F)F)c(-c2ccn3nc(NC(=O)[C@@H]4CC4F)cc3c2)c2cn[nH]c12. The van der Waals surface area contributed by atoms with E-state index in [9.17, 15) is 22.4 Å². The molecule has 1 aliphatic carbocycles. The molecule has 1 fully saturated rings. The van der Waals surface area contributed by atoms with Gasteiger partial charge in [0.2, 0.25) is 5.91 Å². The van der Waals surface area contributed by atoms with Gasteiger partial charge in [-0.1, -0.05) is 0 Å². The first-order valence-corrected chi connectivity index (χ1v) is 9.94. The van der Waals surface area contributed by atoms with Crippen molar-refractivity contribution < 1.29 is 26.7 Å². The second-order valence-corrected chi connectivity index (χ2v) is 8.13. The molecule has 12 heteroatoms. The fraction of sp³-hybridized carbons (Fsp3) is 0.286. The van der Waals surface area contributed by atoms with Gasteiger partial charge < -0.3 is 10.2 Å². The number of rotatable bonds is 4. The molecule has 1 aliphatic rings. The number of halogens is 5. The number of alkyl halides is 4. The lowest BCUT2D eigenvalue weighted by Crippen LogP contribution is -2.17. The summed E-state index contributed by atoms with van der Waals surface area (Å²) in [4.78, 5) is 13.2. The third-order valence-corrected chi connectivity index (χ3v) is 5.61. The normalized spacial score (nSPS) is 18.2. The molecule has 0 spiro atoms. The smallest absolute Gasteiger partial charge is 0.374 e. The van der Waals surface area contributed by atoms with Crippen LogP contribution >= 0.6 is 0 Å². The molecular weight excluding hydrogens is 447 g/mol. The lowest BCUT2D eigenvalue weighted by Gasteiger charge is -2.21. The molecule has 3 heterocycles. The number of aromatic nitrogens is 4. The zero-order valence-electron chi connectivity index (χ0n) is 17.3. The van der Waals surface area contributed by atoms with Gasteiger partial charge in [-0.15, -0.1) is 0 Å². The molecule has 4 aromatic rings. The van der Waals surface area contributed by atoms with Crippen molar-refractivity contribution in [2.45, 2.75) is 18.8 Å². The van der Waals surface area contributed by atoms with Crippen molar-refractivity contribution >= 4 is 33.8 Å². The molecule has 2 atom stereocenters. The van der Waals surface area contributed by atoms with E-state index in [-0.39, 0.29) is 40.0 Å². The van der Waals surface area contributed by atoms with E-state index in [4.69, 9.17) is 0 Å². The van der Waals surface area contributed by atoms with E-state index in [1.165, 1.54) is 54.1 Å². The van der Waals surface area contributed by atoms with Crippen LogP contribution in [0.5, 0.6) is 0 Å². The van der Waals surface area contributed by atoms with E-state index < -0.39 is 35.6 Å². The second-order valence-electron chi connectivity index (χ2n) is 8.13. The summed E-state index contributed by atoms with van der Waals surface area (Å²) in [7, 11) is 2.89. The molecule has 0 aliphatic heterocycles. The first-order valence-electron chi connectivity index (χ1n) is 9.94. The molecule has 7 nitrogen and oxygen atoms in total. The van der Waals surface area contributed by atoms with E-state index >= 15 is 4.39 Å². The zero-order valence-corrected chi connectivity index (χ0v) is 17.3. The van der Waals surface area contributed by atoms with Crippen molar-refractivity contribution in [2.24, 2.45) is 5.92 Å². The van der Waals surface area contributed by atoms with Crippen molar-refractivity contribution in [3.05, 3.63) is 42.0 Å². The van der Waals surface area contributed by atoms with Gasteiger partial charge in [-0.05, 0) is 24.1 Å². The summed E-state index contributed by atoms with van der Waals surface area (Å²) in [6.07, 6.45) is -3.37. The first-order chi connectivity index (χ1) is 15.6. The fourth-order valence-electron chi connectivity index (χ4n) is 3.98. The summed E-state index contributed by atoms with van der Waals surface area (Å²) in [5, 5.41) is 13.2. The van der Waals surface area contributed by atoms with Crippen LogP contribution in [-0.4, -0.2) is 46.0 Å². The molecule has 1 unspecified atom stereocenters. The van der Waals surface area contributed by atoms with E-state index in [0.29, 0.717) is 5.52 Å². The Bertz CT molecular complexity index is 1410. The van der Waals surface area contributed by atoms with Gasteiger partial charge in [-0.25, -0.2) is 13.3 Å². The summed E-state index contributed by atoms with van der Waals surface area (Å²) in [6, 6.07) is 4.22. The molecule has 1 amide bonds. The maximum absolute atomic E-state index is 15.2. The van der Waals surface area contributed by atoms with Crippen molar-refractivity contribution in [3.8, 4) is 11.1 Å². The minimum Gasteiger partial charge on any atom is -0.374 e. The molecule has 0 saturated heterocycles. The molecule has 0 bridgehead atoms. The average Bonchev–Trinajstić information content (AvgIpc) is 3.10. The van der Waals surface area contributed by atoms with E-state index in [0.717, 1.165) is 0 Å². The van der Waals surface area contributed by atoms with Gasteiger partial charge in [-0.2, -0.15) is 23.4 Å². The Morgan fingerprint density at radius 1 is 1.30 bits per heavy atom. The Hall–Kier alpha value is -3.70. The Morgan fingerprint density at radius 3 is 2.67 bits per heavy atom. The molecule has 5 rings (SSSR count). The van der Waals surface area contributed by atoms with Crippen molar-refractivity contribution in [1.29, 1.82) is 0 Å². The van der Waals surface area contributed by atoms with E-state index in [1.807, 2.05) is 0 Å². The minimum absolute atomic E-state index is 0.0919. The van der Waals surface area contributed by atoms with Crippen molar-refractivity contribution in [1.82, 2.24) is 19.8 Å². The maximum atomic E-state index is 15.2. The summed E-state index contributed by atoms with van der Waals surface area (Å²) in [5.74, 6) is -2.50. The summed E-state index contributed by atoms with van der Waals surface area (Å²) in [5.41, 5.74) is -1.43. The molecule has 2 N–H and O–H groups in total. The fourth-order valence-corrected chi connectivity index (χ4v) is 3.98. The van der Waals surface area contributed by atoms with Crippen molar-refractivity contribution in [2.75, 3.05) is 24.3 Å². The quantitative estimate of drug-likeness (QED) is 0.439. The molecule has 1 aromatic carbocycles. The van der Waals surface area contributed by atoms with Crippen LogP contribution in [0.2, 0.25) is 0 Å². The topological polar surface area (TPSA) is 78.3 Å². The highest BCUT2D eigenvalue weighted by atomic mass is 19.4. The number of benzene rings is 1. The van der Waals surface area contributed by atoms with Gasteiger partial charge in [-0.3, -0.25) is 9.89 Å². The minimum atomic E-state index is -4.98. The van der Waals surface area contributed by atoms with E-state index in [2.05, 4.69) is 20.6 Å². The predicted octanol–water partition coefficient (Wildman–Crippen LogP) is 4.40. The summed E-state index contributed by atoms with van der Waals surface area (Å²) in [6.45, 7) is 0. The van der Waals surface area contributed by atoms with Gasteiger partial charge in [0.25, 0.3) is 0 Å². The van der Waals surface area contributed by atoms with Crippen LogP contribution < -0.4 is 10.2 Å². The zero-order chi connectivity index (χ0) is 23.7. The number of hydrogen-bond acceptors (Lipinski definition) is 4. The number of carbonyl (C=O) groups excluding carboxylic acids is 1. The number of carbonyl (C=O) groups is 1. The molecule has 1 saturated carbocycles. The lowest BCUT2D eigenvalue weighted by atomic mass is 9.94. The number of nitrogens with zero attached hydrogens (tertiary/aromatic N) is 4. The second kappa shape index (κ2) is 7.15. The number of nitrogens with one attached hydrogen (secondary N) is 2. The number of aromatic amines is 1. The predicted molar refractivity (Wildman–Crippen MR) is 111 cm³/mol. The Morgan fingerprint density at radius 2 is 2.03 bits per heavy atom. The third-order valence-electron chi connectivity index (χ3n) is 5.61. The number of amides is 1. The Labute approximate surface area is 183 Å². The van der Waals surface area contributed by atoms with Gasteiger partial charge in [0.05, 0.1) is 28.8 Å². The van der Waals surface area contributed by atoms with Crippen LogP contribution in [0.15, 0.2) is 30.6 Å². The van der Waals surface area contributed by atoms with Gasteiger partial charge >= 0.3 is 6.18 Å². The largest absolute Gasteiger partial charge is 0.419 e. The molecule has 3 aromatic heterocycles. The first kappa shape index (κ1) is 21.2. The van der Waals surface area contributed by atoms with Crippen LogP contribution in [0.3, 0.4) is 0 Å². The number of pyridine rings is 1. The summed E-state index contributed by atoms with van der Waals surface area (Å²) < 4.78 is 71.9. The Balaban J connectivity index is 1.67. The van der Waals surface area contributed by atoms with Crippen LogP contribution in [0.1, 0.15) is 12.0 Å². The third kappa shape index (κ3) is 3.45. The number of anilines is 2. The van der Waals surface area contributed by atoms with Crippen LogP contribution in [-0.2, 0) is 11.0 Å². The van der Waals surface area contributed by atoms with Gasteiger partial charge in [0, 0.05) is 37.3 Å².